The molecule has 0 saturated carbocycles. The van der Waals surface area contributed by atoms with Crippen LogP contribution in [0.4, 0.5) is 11.5 Å². The van der Waals surface area contributed by atoms with Gasteiger partial charge in [-0.2, -0.15) is 0 Å². The molecule has 1 unspecified atom stereocenters. The summed E-state index contributed by atoms with van der Waals surface area (Å²) in [6, 6.07) is 9.83. The lowest BCUT2D eigenvalue weighted by Gasteiger charge is -2.26. The van der Waals surface area contributed by atoms with Crippen molar-refractivity contribution in [3.05, 3.63) is 30.0 Å². The van der Waals surface area contributed by atoms with E-state index in [0.717, 1.165) is 18.8 Å². The first-order chi connectivity index (χ1) is 12.1. The standard InChI is InChI=1S/C21H30N4/c1-15(2)22-20-16(3)23-21(19-9-5-4-8-18(19)20)25-13-10-17(14-25)24-11-6-7-12-24/h4-5,8-9,15,17,22H,6-7,10-14H2,1-3H3. The summed E-state index contributed by atoms with van der Waals surface area (Å²) in [5, 5.41) is 6.17. The topological polar surface area (TPSA) is 31.4 Å². The third kappa shape index (κ3) is 3.20. The monoisotopic (exact) mass is 338 g/mol. The summed E-state index contributed by atoms with van der Waals surface area (Å²) in [6.07, 6.45) is 4.00. The summed E-state index contributed by atoms with van der Waals surface area (Å²) in [5.41, 5.74) is 2.29. The summed E-state index contributed by atoms with van der Waals surface area (Å²) in [7, 11) is 0. The van der Waals surface area contributed by atoms with E-state index in [0.29, 0.717) is 12.1 Å². The highest BCUT2D eigenvalue weighted by molar-refractivity contribution is 6.01. The highest BCUT2D eigenvalue weighted by Crippen LogP contribution is 2.35. The average Bonchev–Trinajstić information content (AvgIpc) is 3.27. The van der Waals surface area contributed by atoms with Gasteiger partial charge < -0.3 is 10.2 Å². The molecule has 1 N–H and O–H groups in total. The molecule has 4 heteroatoms. The Morgan fingerprint density at radius 1 is 1.08 bits per heavy atom. The van der Waals surface area contributed by atoms with Crippen molar-refractivity contribution in [3.63, 3.8) is 0 Å². The minimum atomic E-state index is 0.404. The number of fused-ring (bicyclic) bond motifs is 1. The number of nitrogens with zero attached hydrogens (tertiary/aromatic N) is 3. The van der Waals surface area contributed by atoms with E-state index >= 15 is 0 Å². The van der Waals surface area contributed by atoms with Gasteiger partial charge >= 0.3 is 0 Å². The van der Waals surface area contributed by atoms with Gasteiger partial charge in [-0.05, 0) is 53.1 Å². The normalized spacial score (nSPS) is 21.6. The van der Waals surface area contributed by atoms with Gasteiger partial charge in [0.05, 0.1) is 11.4 Å². The van der Waals surface area contributed by atoms with Gasteiger partial charge in [0.2, 0.25) is 0 Å². The molecule has 134 valence electrons. The van der Waals surface area contributed by atoms with Crippen LogP contribution in [0.15, 0.2) is 24.3 Å². The van der Waals surface area contributed by atoms with Crippen LogP contribution < -0.4 is 10.2 Å². The van der Waals surface area contributed by atoms with Crippen molar-refractivity contribution in [1.82, 2.24) is 9.88 Å². The Balaban J connectivity index is 1.68. The summed E-state index contributed by atoms with van der Waals surface area (Å²) in [4.78, 5) is 10.2. The summed E-state index contributed by atoms with van der Waals surface area (Å²) in [6.45, 7) is 11.3. The Hall–Kier alpha value is -1.81. The number of rotatable bonds is 4. The van der Waals surface area contributed by atoms with Crippen molar-refractivity contribution in [2.24, 2.45) is 0 Å². The third-order valence-corrected chi connectivity index (χ3v) is 5.63. The highest BCUT2D eigenvalue weighted by Gasteiger charge is 2.31. The van der Waals surface area contributed by atoms with E-state index in [1.54, 1.807) is 0 Å². The number of aryl methyl sites for hydroxylation is 1. The molecule has 2 aliphatic rings. The number of nitrogens with one attached hydrogen (secondary N) is 1. The van der Waals surface area contributed by atoms with Crippen LogP contribution in [0.1, 0.15) is 38.8 Å². The molecule has 25 heavy (non-hydrogen) atoms. The van der Waals surface area contributed by atoms with Crippen molar-refractivity contribution >= 4 is 22.3 Å². The van der Waals surface area contributed by atoms with Crippen molar-refractivity contribution in [2.45, 2.75) is 52.1 Å². The van der Waals surface area contributed by atoms with E-state index in [2.05, 4.69) is 60.2 Å². The largest absolute Gasteiger partial charge is 0.381 e. The van der Waals surface area contributed by atoms with Gasteiger partial charge in [-0.3, -0.25) is 4.90 Å². The number of benzene rings is 1. The minimum absolute atomic E-state index is 0.404. The first-order valence-electron chi connectivity index (χ1n) is 9.78. The summed E-state index contributed by atoms with van der Waals surface area (Å²) < 4.78 is 0. The maximum absolute atomic E-state index is 5.04. The van der Waals surface area contributed by atoms with E-state index in [4.69, 9.17) is 4.98 Å². The van der Waals surface area contributed by atoms with Crippen molar-refractivity contribution in [1.29, 1.82) is 0 Å². The minimum Gasteiger partial charge on any atom is -0.381 e. The van der Waals surface area contributed by atoms with Gasteiger partial charge in [0.25, 0.3) is 0 Å². The first kappa shape index (κ1) is 16.6. The quantitative estimate of drug-likeness (QED) is 0.912. The highest BCUT2D eigenvalue weighted by atomic mass is 15.3. The molecule has 3 heterocycles. The lowest BCUT2D eigenvalue weighted by atomic mass is 10.1. The van der Waals surface area contributed by atoms with E-state index < -0.39 is 0 Å². The summed E-state index contributed by atoms with van der Waals surface area (Å²) in [5.74, 6) is 1.17. The van der Waals surface area contributed by atoms with E-state index in [1.807, 2.05) is 0 Å². The number of anilines is 2. The van der Waals surface area contributed by atoms with E-state index in [-0.39, 0.29) is 0 Å². The molecule has 0 spiro atoms. The SMILES string of the molecule is Cc1nc(N2CCC(N3CCCC3)C2)c2ccccc2c1NC(C)C. The number of hydrogen-bond donors (Lipinski definition) is 1. The molecule has 4 nitrogen and oxygen atoms in total. The van der Waals surface area contributed by atoms with Crippen LogP contribution in [0.25, 0.3) is 10.8 Å². The Morgan fingerprint density at radius 3 is 2.52 bits per heavy atom. The predicted molar refractivity (Wildman–Crippen MR) is 107 cm³/mol. The van der Waals surface area contributed by atoms with Crippen molar-refractivity contribution in [3.8, 4) is 0 Å². The molecule has 1 aromatic carbocycles. The molecule has 1 aromatic heterocycles. The molecule has 2 saturated heterocycles. The predicted octanol–water partition coefficient (Wildman–Crippen LogP) is 4.04. The number of likely N-dealkylation sites (tertiary alicyclic amines) is 1. The van der Waals surface area contributed by atoms with Gasteiger partial charge in [-0.1, -0.05) is 24.3 Å². The lowest BCUT2D eigenvalue weighted by Crippen LogP contribution is -2.35. The van der Waals surface area contributed by atoms with Gasteiger partial charge in [0.1, 0.15) is 5.82 Å². The van der Waals surface area contributed by atoms with Crippen LogP contribution >= 0.6 is 0 Å². The Morgan fingerprint density at radius 2 is 1.80 bits per heavy atom. The molecule has 0 radical (unpaired) electrons. The van der Waals surface area contributed by atoms with Crippen LogP contribution in [0, 0.1) is 6.92 Å². The number of aromatic nitrogens is 1. The second kappa shape index (κ2) is 6.83. The molecule has 0 aliphatic carbocycles. The van der Waals surface area contributed by atoms with Crippen LogP contribution in [-0.2, 0) is 0 Å². The first-order valence-corrected chi connectivity index (χ1v) is 9.78. The van der Waals surface area contributed by atoms with Crippen molar-refractivity contribution < 1.29 is 0 Å². The van der Waals surface area contributed by atoms with Gasteiger partial charge in [-0.25, -0.2) is 4.98 Å². The average molecular weight is 338 g/mol. The zero-order valence-corrected chi connectivity index (χ0v) is 15.8. The van der Waals surface area contributed by atoms with Crippen LogP contribution in [0.2, 0.25) is 0 Å². The smallest absolute Gasteiger partial charge is 0.136 e. The summed E-state index contributed by atoms with van der Waals surface area (Å²) >= 11 is 0. The molecule has 0 bridgehead atoms. The second-order valence-electron chi connectivity index (χ2n) is 7.87. The van der Waals surface area contributed by atoms with Crippen molar-refractivity contribution in [2.75, 3.05) is 36.4 Å². The fourth-order valence-corrected chi connectivity index (χ4v) is 4.42. The molecule has 2 aliphatic heterocycles. The zero-order valence-electron chi connectivity index (χ0n) is 15.8. The maximum Gasteiger partial charge on any atom is 0.136 e. The Labute approximate surface area is 151 Å². The zero-order chi connectivity index (χ0) is 17.4. The van der Waals surface area contributed by atoms with E-state index in [1.165, 1.54) is 54.6 Å². The molecule has 1 atom stereocenters. The molecule has 2 fully saturated rings. The maximum atomic E-state index is 5.04. The van der Waals surface area contributed by atoms with Crippen LogP contribution in [0.5, 0.6) is 0 Å². The second-order valence-corrected chi connectivity index (χ2v) is 7.87. The van der Waals surface area contributed by atoms with Crippen LogP contribution in [-0.4, -0.2) is 48.1 Å². The third-order valence-electron chi connectivity index (χ3n) is 5.63. The van der Waals surface area contributed by atoms with Gasteiger partial charge in [0.15, 0.2) is 0 Å². The number of pyridine rings is 1. The number of hydrogen-bond acceptors (Lipinski definition) is 4. The molecular formula is C21H30N4. The van der Waals surface area contributed by atoms with E-state index in [9.17, 15) is 0 Å². The fourth-order valence-electron chi connectivity index (χ4n) is 4.42. The molecule has 2 aromatic rings. The van der Waals surface area contributed by atoms with Gasteiger partial charge in [-0.15, -0.1) is 0 Å². The molecule has 0 amide bonds. The van der Waals surface area contributed by atoms with Crippen LogP contribution in [0.3, 0.4) is 0 Å². The Bertz CT molecular complexity index is 749. The molecule has 4 rings (SSSR count). The Kier molecular flexibility index (Phi) is 4.55. The lowest BCUT2D eigenvalue weighted by molar-refractivity contribution is 0.260. The van der Waals surface area contributed by atoms with Gasteiger partial charge in [0, 0.05) is 35.9 Å². The molecular weight excluding hydrogens is 308 g/mol. The fraction of sp³-hybridized carbons (Fsp3) is 0.571.